The average Bonchev–Trinajstić information content (AvgIpc) is 2.30. The maximum absolute atomic E-state index is 11.6. The molecule has 0 aromatic heterocycles. The van der Waals surface area contributed by atoms with Crippen LogP contribution in [0.15, 0.2) is 30.3 Å². The first-order valence-electron chi connectivity index (χ1n) is 5.43. The van der Waals surface area contributed by atoms with E-state index < -0.39 is 25.1 Å². The van der Waals surface area contributed by atoms with Gasteiger partial charge in [0, 0.05) is 0 Å². The van der Waals surface area contributed by atoms with Crippen LogP contribution >= 0.6 is 0 Å². The fourth-order valence-electron chi connectivity index (χ4n) is 1.08. The summed E-state index contributed by atoms with van der Waals surface area (Å²) in [5.41, 5.74) is 0. The van der Waals surface area contributed by atoms with Gasteiger partial charge in [0.15, 0.2) is 0 Å². The molecule has 5 nitrogen and oxygen atoms in total. The van der Waals surface area contributed by atoms with Crippen LogP contribution < -0.4 is 3.32 Å². The van der Waals surface area contributed by atoms with Crippen LogP contribution in [0.25, 0.3) is 0 Å². The molecule has 0 aliphatic heterocycles. The molecule has 94 valence electrons. The van der Waals surface area contributed by atoms with Gasteiger partial charge in [-0.15, -0.1) is 0 Å². The van der Waals surface area contributed by atoms with Crippen molar-refractivity contribution in [3.8, 4) is 5.75 Å². The van der Waals surface area contributed by atoms with E-state index in [4.69, 9.17) is 16.1 Å². The van der Waals surface area contributed by atoms with Crippen LogP contribution in [0.5, 0.6) is 5.75 Å². The van der Waals surface area contributed by atoms with Crippen molar-refractivity contribution >= 4 is 0 Å². The van der Waals surface area contributed by atoms with Gasteiger partial charge < -0.3 is 0 Å². The fourth-order valence-corrected chi connectivity index (χ4v) is 2.12. The number of ether oxygens (including phenoxy) is 2. The van der Waals surface area contributed by atoms with Gasteiger partial charge in [-0.1, -0.05) is 0 Å². The average molecular weight is 276 g/mol. The quantitative estimate of drug-likeness (QED) is 0.538. The Labute approximate surface area is 108 Å². The van der Waals surface area contributed by atoms with Crippen LogP contribution in [-0.4, -0.2) is 19.7 Å². The van der Waals surface area contributed by atoms with Crippen molar-refractivity contribution < 1.29 is 38.1 Å². The van der Waals surface area contributed by atoms with Crippen molar-refractivity contribution in [3.05, 3.63) is 30.3 Å². The summed E-state index contributed by atoms with van der Waals surface area (Å²) in [6, 6.07) is 8.86. The van der Waals surface area contributed by atoms with Crippen molar-refractivity contribution in [1.82, 2.24) is 0 Å². The second kappa shape index (κ2) is 8.50. The van der Waals surface area contributed by atoms with Crippen LogP contribution in [0.2, 0.25) is 0 Å². The summed E-state index contributed by atoms with van der Waals surface area (Å²) < 4.78 is 32.1. The molecule has 0 aliphatic rings. The van der Waals surface area contributed by atoms with Gasteiger partial charge >= 0.3 is 108 Å². The molecule has 0 amide bonds. The minimum absolute atomic E-state index is 0.418. The Balaban J connectivity index is 2.42. The molecule has 6 heteroatoms. The van der Waals surface area contributed by atoms with Crippen molar-refractivity contribution in [2.75, 3.05) is 13.2 Å². The second-order valence-electron chi connectivity index (χ2n) is 2.98. The van der Waals surface area contributed by atoms with Gasteiger partial charge in [-0.2, -0.15) is 0 Å². The number of rotatable bonds is 8. The summed E-state index contributed by atoms with van der Waals surface area (Å²) >= 11 is -3.32. The van der Waals surface area contributed by atoms with Crippen molar-refractivity contribution in [2.24, 2.45) is 0 Å². The molecule has 0 fully saturated rings. The monoisotopic (exact) mass is 276 g/mol. The van der Waals surface area contributed by atoms with Gasteiger partial charge in [0.2, 0.25) is 0 Å². The third-order valence-corrected chi connectivity index (χ3v) is 2.97. The van der Waals surface area contributed by atoms with E-state index in [1.54, 1.807) is 38.1 Å². The van der Waals surface area contributed by atoms with Crippen LogP contribution in [0.4, 0.5) is 0 Å². The molecule has 0 aliphatic carbocycles. The molecule has 1 aromatic rings. The molecule has 1 rings (SSSR count). The van der Waals surface area contributed by atoms with E-state index in [0.717, 1.165) is 0 Å². The van der Waals surface area contributed by atoms with E-state index in [-0.39, 0.29) is 0 Å². The van der Waals surface area contributed by atoms with Crippen LogP contribution in [0.1, 0.15) is 13.8 Å². The molecule has 0 radical (unpaired) electrons. The zero-order chi connectivity index (χ0) is 12.5. The van der Waals surface area contributed by atoms with Gasteiger partial charge in [-0.3, -0.25) is 0 Å². The standard InChI is InChI=1S/C6H6O.C5H11O3.O.Ti/c7-6-4-2-1-3-5-6;1-3-7-5(6)8-4-2;;/h1-5,7H;5H,3-4H2,1-2H3;;/q;-1;;+2/p-1. The first-order chi connectivity index (χ1) is 8.26. The third-order valence-electron chi connectivity index (χ3n) is 1.74. The van der Waals surface area contributed by atoms with Gasteiger partial charge in [0.05, 0.1) is 0 Å². The van der Waals surface area contributed by atoms with Crippen LogP contribution in [0, 0.1) is 0 Å². The summed E-state index contributed by atoms with van der Waals surface area (Å²) in [7, 11) is 0. The molecule has 1 aromatic carbocycles. The van der Waals surface area contributed by atoms with Crippen molar-refractivity contribution in [2.45, 2.75) is 20.3 Å². The van der Waals surface area contributed by atoms with Crippen molar-refractivity contribution in [1.29, 1.82) is 0 Å². The van der Waals surface area contributed by atoms with E-state index in [1.807, 2.05) is 6.07 Å². The molecule has 17 heavy (non-hydrogen) atoms. The SMILES string of the molecule is CCOC(OCC)[O][Ti](=[O])[O]c1ccccc1. The van der Waals surface area contributed by atoms with Crippen LogP contribution in [-0.2, 0) is 34.7 Å². The van der Waals surface area contributed by atoms with Gasteiger partial charge in [0.25, 0.3) is 0 Å². The van der Waals surface area contributed by atoms with E-state index >= 15 is 0 Å². The Bertz CT molecular complexity index is 324. The molecular weight excluding hydrogens is 260 g/mol. The van der Waals surface area contributed by atoms with Crippen LogP contribution in [0.3, 0.4) is 0 Å². The molecule has 0 spiro atoms. The number of para-hydroxylation sites is 1. The summed E-state index contributed by atoms with van der Waals surface area (Å²) in [5, 5.41) is 0. The molecule has 0 bridgehead atoms. The first-order valence-corrected chi connectivity index (χ1v) is 7.34. The van der Waals surface area contributed by atoms with Gasteiger partial charge in [-0.25, -0.2) is 0 Å². The number of hydrogen-bond donors (Lipinski definition) is 0. The summed E-state index contributed by atoms with van der Waals surface area (Å²) in [4.78, 5) is 0. The molecule has 0 N–H and O–H groups in total. The van der Waals surface area contributed by atoms with Gasteiger partial charge in [0.1, 0.15) is 0 Å². The summed E-state index contributed by atoms with van der Waals surface area (Å²) in [6.45, 7) is 3.53. The van der Waals surface area contributed by atoms with Gasteiger partial charge in [-0.05, 0) is 0 Å². The van der Waals surface area contributed by atoms with Crippen molar-refractivity contribution in [3.63, 3.8) is 0 Å². The topological polar surface area (TPSA) is 54.0 Å². The maximum atomic E-state index is 11.6. The van der Waals surface area contributed by atoms with E-state index in [2.05, 4.69) is 0 Å². The van der Waals surface area contributed by atoms with E-state index in [9.17, 15) is 3.32 Å². The Morgan fingerprint density at radius 3 is 2.24 bits per heavy atom. The third kappa shape index (κ3) is 6.05. The Kier molecular flexibility index (Phi) is 7.24. The Morgan fingerprint density at radius 1 is 1.12 bits per heavy atom. The Morgan fingerprint density at radius 2 is 1.71 bits per heavy atom. The second-order valence-corrected chi connectivity index (χ2v) is 4.45. The number of benzene rings is 1. The molecule has 0 atom stereocenters. The van der Waals surface area contributed by atoms with E-state index in [0.29, 0.717) is 19.0 Å². The number of hydrogen-bond acceptors (Lipinski definition) is 5. The fraction of sp³-hybridized carbons (Fsp3) is 0.455. The first kappa shape index (κ1) is 14.5. The predicted molar refractivity (Wildman–Crippen MR) is 55.9 cm³/mol. The predicted octanol–water partition coefficient (Wildman–Crippen LogP) is 2.23. The molecule has 0 unspecified atom stereocenters. The van der Waals surface area contributed by atoms with E-state index in [1.165, 1.54) is 0 Å². The zero-order valence-electron chi connectivity index (χ0n) is 9.92. The summed E-state index contributed by atoms with van der Waals surface area (Å²) in [5.74, 6) is 0.518. The molecule has 0 heterocycles. The summed E-state index contributed by atoms with van der Waals surface area (Å²) in [6.07, 6.45) is 0. The normalized spacial score (nSPS) is 10.5. The minimum atomic E-state index is -3.32. The zero-order valence-corrected chi connectivity index (χ0v) is 11.5. The molecule has 0 saturated carbocycles. The molecular formula is C11H16O5Ti. The Hall–Kier alpha value is -0.586. The molecule has 0 saturated heterocycles.